The highest BCUT2D eigenvalue weighted by molar-refractivity contribution is 5.67. The van der Waals surface area contributed by atoms with Gasteiger partial charge in [0.25, 0.3) is 0 Å². The summed E-state index contributed by atoms with van der Waals surface area (Å²) in [7, 11) is 0. The highest BCUT2D eigenvalue weighted by Gasteiger charge is 2.32. The van der Waals surface area contributed by atoms with E-state index < -0.39 is 0 Å². The smallest absolute Gasteiger partial charge is 0.0351 e. The summed E-state index contributed by atoms with van der Waals surface area (Å²) in [6, 6.07) is 0. The monoisotopic (exact) mass is 218 g/mol. The van der Waals surface area contributed by atoms with Gasteiger partial charge in [-0.1, -0.05) is 48.6 Å². The van der Waals surface area contributed by atoms with E-state index in [4.69, 9.17) is 0 Å². The van der Waals surface area contributed by atoms with E-state index >= 15 is 0 Å². The van der Waals surface area contributed by atoms with Gasteiger partial charge in [0.2, 0.25) is 0 Å². The maximum atomic E-state index is 2.30. The first-order chi connectivity index (χ1) is 8.34. The Labute approximate surface area is 102 Å². The molecule has 0 aromatic rings. The van der Waals surface area contributed by atoms with Crippen molar-refractivity contribution >= 4 is 0 Å². The maximum absolute atomic E-state index is 2.30. The van der Waals surface area contributed by atoms with Crippen LogP contribution in [-0.4, -0.2) is 0 Å². The molecule has 0 nitrogen and oxygen atoms in total. The number of hydrogen-bond acceptors (Lipinski definition) is 0. The molecule has 4 aliphatic carbocycles. The molecule has 0 heteroatoms. The molecule has 4 aliphatic rings. The second kappa shape index (κ2) is 3.10. The van der Waals surface area contributed by atoms with Crippen LogP contribution in [0.4, 0.5) is 0 Å². The molecule has 0 saturated heterocycles. The van der Waals surface area contributed by atoms with Crippen LogP contribution in [0.5, 0.6) is 0 Å². The van der Waals surface area contributed by atoms with Crippen molar-refractivity contribution in [1.29, 1.82) is 0 Å². The number of rotatable bonds is 0. The van der Waals surface area contributed by atoms with Crippen molar-refractivity contribution in [2.75, 3.05) is 0 Å². The Balaban J connectivity index is 2.05. The Bertz CT molecular complexity index is 625. The van der Waals surface area contributed by atoms with Gasteiger partial charge in [0, 0.05) is 5.92 Å². The quantitative estimate of drug-likeness (QED) is 0.572. The van der Waals surface area contributed by atoms with Crippen LogP contribution in [0.2, 0.25) is 0 Å². The fourth-order valence-corrected chi connectivity index (χ4v) is 3.25. The van der Waals surface area contributed by atoms with Crippen LogP contribution in [0, 0.1) is 5.92 Å². The van der Waals surface area contributed by atoms with E-state index in [0.717, 1.165) is 6.42 Å². The van der Waals surface area contributed by atoms with E-state index in [1.807, 2.05) is 0 Å². The van der Waals surface area contributed by atoms with Gasteiger partial charge >= 0.3 is 0 Å². The van der Waals surface area contributed by atoms with Crippen molar-refractivity contribution in [1.82, 2.24) is 0 Å². The maximum Gasteiger partial charge on any atom is 0.0351 e. The summed E-state index contributed by atoms with van der Waals surface area (Å²) < 4.78 is 0. The Morgan fingerprint density at radius 2 is 1.94 bits per heavy atom. The van der Waals surface area contributed by atoms with Gasteiger partial charge in [-0.25, -0.2) is 0 Å². The Morgan fingerprint density at radius 1 is 1.00 bits per heavy atom. The summed E-state index contributed by atoms with van der Waals surface area (Å²) in [5.74, 6) is 0.505. The minimum absolute atomic E-state index is 0.505. The van der Waals surface area contributed by atoms with E-state index in [9.17, 15) is 0 Å². The van der Waals surface area contributed by atoms with Crippen molar-refractivity contribution in [2.45, 2.75) is 13.3 Å². The lowest BCUT2D eigenvalue weighted by Crippen LogP contribution is -2.21. The fraction of sp³-hybridized carbons (Fsp3) is 0.176. The van der Waals surface area contributed by atoms with Gasteiger partial charge in [-0.15, -0.1) is 0 Å². The van der Waals surface area contributed by atoms with Gasteiger partial charge in [0.15, 0.2) is 0 Å². The summed E-state index contributed by atoms with van der Waals surface area (Å²) >= 11 is 0. The lowest BCUT2D eigenvalue weighted by molar-refractivity contribution is 0.821. The SMILES string of the molecule is CC1=C2C=CC3=C4C(=CC=C(C=C1)C24)CC=C3. The molecule has 1 unspecified atom stereocenters. The summed E-state index contributed by atoms with van der Waals surface area (Å²) in [4.78, 5) is 0. The average Bonchev–Trinajstić information content (AvgIpc) is 2.38. The minimum atomic E-state index is 0.505. The molecular formula is C17H14. The van der Waals surface area contributed by atoms with Crippen LogP contribution in [0.3, 0.4) is 0 Å². The Kier molecular flexibility index (Phi) is 1.69. The number of hydrogen-bond donors (Lipinski definition) is 0. The number of allylic oxidation sites excluding steroid dienone is 14. The van der Waals surface area contributed by atoms with Gasteiger partial charge in [0.05, 0.1) is 0 Å². The average molecular weight is 218 g/mol. The van der Waals surface area contributed by atoms with E-state index in [1.54, 1.807) is 5.57 Å². The largest absolute Gasteiger partial charge is 0.0795 e. The molecule has 0 aliphatic heterocycles. The first kappa shape index (κ1) is 9.23. The topological polar surface area (TPSA) is 0 Å². The van der Waals surface area contributed by atoms with Crippen LogP contribution >= 0.6 is 0 Å². The lowest BCUT2D eigenvalue weighted by atomic mass is 9.68. The zero-order valence-electron chi connectivity index (χ0n) is 9.90. The summed E-state index contributed by atoms with van der Waals surface area (Å²) in [5, 5.41) is 0. The molecule has 0 aromatic carbocycles. The molecule has 0 spiro atoms. The third kappa shape index (κ3) is 1.13. The van der Waals surface area contributed by atoms with Crippen molar-refractivity contribution in [3.8, 4) is 0 Å². The molecule has 0 fully saturated rings. The molecule has 82 valence electrons. The normalized spacial score (nSPS) is 28.2. The van der Waals surface area contributed by atoms with Crippen LogP contribution in [-0.2, 0) is 0 Å². The minimum Gasteiger partial charge on any atom is -0.0795 e. The van der Waals surface area contributed by atoms with E-state index in [1.165, 1.54) is 27.9 Å². The van der Waals surface area contributed by atoms with Crippen LogP contribution < -0.4 is 0 Å². The Morgan fingerprint density at radius 3 is 2.88 bits per heavy atom. The molecular weight excluding hydrogens is 204 g/mol. The van der Waals surface area contributed by atoms with Crippen LogP contribution in [0.15, 0.2) is 82.0 Å². The third-order valence-corrected chi connectivity index (χ3v) is 4.13. The van der Waals surface area contributed by atoms with Gasteiger partial charge in [-0.2, -0.15) is 0 Å². The first-order valence-corrected chi connectivity index (χ1v) is 6.23. The van der Waals surface area contributed by atoms with E-state index in [0.29, 0.717) is 5.92 Å². The van der Waals surface area contributed by atoms with E-state index in [-0.39, 0.29) is 0 Å². The van der Waals surface area contributed by atoms with Crippen molar-refractivity contribution in [3.05, 3.63) is 82.0 Å². The standard InChI is InChI=1S/C17H14/c1-11-5-6-14-8-7-12-3-2-4-13-9-10-15(11)17(14)16(12)13/h2,4-10,17H,3H2,1H3. The second-order valence-electron chi connectivity index (χ2n) is 5.07. The highest BCUT2D eigenvalue weighted by Crippen LogP contribution is 2.47. The van der Waals surface area contributed by atoms with Gasteiger partial charge in [-0.05, 0) is 46.8 Å². The summed E-state index contributed by atoms with van der Waals surface area (Å²) in [6.07, 6.45) is 19.3. The summed E-state index contributed by atoms with van der Waals surface area (Å²) in [6.45, 7) is 2.22. The Hall–Kier alpha value is -1.82. The van der Waals surface area contributed by atoms with Crippen LogP contribution in [0.25, 0.3) is 0 Å². The lowest BCUT2D eigenvalue weighted by Gasteiger charge is -2.36. The predicted molar refractivity (Wildman–Crippen MR) is 71.4 cm³/mol. The third-order valence-electron chi connectivity index (χ3n) is 4.13. The molecule has 1 atom stereocenters. The fourth-order valence-electron chi connectivity index (χ4n) is 3.25. The molecule has 0 N–H and O–H groups in total. The highest BCUT2D eigenvalue weighted by atomic mass is 14.4. The molecule has 4 rings (SSSR count). The zero-order valence-corrected chi connectivity index (χ0v) is 9.90. The van der Waals surface area contributed by atoms with Gasteiger partial charge in [0.1, 0.15) is 0 Å². The molecule has 0 heterocycles. The van der Waals surface area contributed by atoms with E-state index in [2.05, 4.69) is 55.5 Å². The summed E-state index contributed by atoms with van der Waals surface area (Å²) in [5.41, 5.74) is 8.79. The van der Waals surface area contributed by atoms with Crippen molar-refractivity contribution in [3.63, 3.8) is 0 Å². The molecule has 0 bridgehead atoms. The molecule has 17 heavy (non-hydrogen) atoms. The zero-order chi connectivity index (χ0) is 11.4. The van der Waals surface area contributed by atoms with Gasteiger partial charge < -0.3 is 0 Å². The van der Waals surface area contributed by atoms with Crippen molar-refractivity contribution < 1.29 is 0 Å². The van der Waals surface area contributed by atoms with Gasteiger partial charge in [-0.3, -0.25) is 0 Å². The van der Waals surface area contributed by atoms with Crippen molar-refractivity contribution in [2.24, 2.45) is 5.92 Å². The second-order valence-corrected chi connectivity index (χ2v) is 5.07. The molecule has 0 saturated carbocycles. The van der Waals surface area contributed by atoms with Crippen LogP contribution in [0.1, 0.15) is 13.3 Å². The predicted octanol–water partition coefficient (Wildman–Crippen LogP) is 4.18. The molecule has 0 aromatic heterocycles. The first-order valence-electron chi connectivity index (χ1n) is 6.23. The molecule has 0 radical (unpaired) electrons. The molecule has 0 amide bonds.